The molecule has 1 aromatic carbocycles. The van der Waals surface area contributed by atoms with Crippen molar-refractivity contribution in [2.45, 2.75) is 0 Å². The van der Waals surface area contributed by atoms with Crippen molar-refractivity contribution in [1.29, 1.82) is 0 Å². The fraction of sp³-hybridized carbons (Fsp3) is 0. The highest BCUT2D eigenvalue weighted by atomic mass is 79.9. The van der Waals surface area contributed by atoms with Gasteiger partial charge < -0.3 is 16.3 Å². The van der Waals surface area contributed by atoms with E-state index >= 15 is 0 Å². The number of anilines is 1. The van der Waals surface area contributed by atoms with Gasteiger partial charge in [-0.25, -0.2) is 0 Å². The SMILES string of the molecule is N/C(=N/O)c1cn[nH]c1NC(=O)c1ccc(Br)c(Cl)c1. The Balaban J connectivity index is 2.24. The van der Waals surface area contributed by atoms with Crippen LogP contribution >= 0.6 is 27.5 Å². The lowest BCUT2D eigenvalue weighted by molar-refractivity contribution is 0.102. The van der Waals surface area contributed by atoms with Crippen molar-refractivity contribution >= 4 is 45.1 Å². The lowest BCUT2D eigenvalue weighted by Crippen LogP contribution is -2.18. The van der Waals surface area contributed by atoms with Crippen LogP contribution in [0.1, 0.15) is 15.9 Å². The average Bonchev–Trinajstić information content (AvgIpc) is 2.89. The van der Waals surface area contributed by atoms with E-state index in [9.17, 15) is 4.79 Å². The molecule has 0 saturated heterocycles. The number of halogens is 2. The molecule has 1 heterocycles. The molecule has 104 valence electrons. The van der Waals surface area contributed by atoms with Crippen molar-refractivity contribution in [3.63, 3.8) is 0 Å². The Morgan fingerprint density at radius 2 is 2.30 bits per heavy atom. The van der Waals surface area contributed by atoms with Gasteiger partial charge in [0.15, 0.2) is 5.84 Å². The smallest absolute Gasteiger partial charge is 0.256 e. The molecule has 0 bridgehead atoms. The number of H-pyrrole nitrogens is 1. The fourth-order valence-electron chi connectivity index (χ4n) is 1.45. The van der Waals surface area contributed by atoms with Gasteiger partial charge in [0.2, 0.25) is 0 Å². The number of nitrogens with one attached hydrogen (secondary N) is 2. The van der Waals surface area contributed by atoms with Crippen LogP contribution in [-0.2, 0) is 0 Å². The molecule has 0 aliphatic rings. The van der Waals surface area contributed by atoms with Crippen LogP contribution in [-0.4, -0.2) is 27.1 Å². The second-order valence-electron chi connectivity index (χ2n) is 3.73. The number of aromatic amines is 1. The summed E-state index contributed by atoms with van der Waals surface area (Å²) in [4.78, 5) is 12.1. The molecule has 0 radical (unpaired) electrons. The lowest BCUT2D eigenvalue weighted by atomic mass is 10.2. The lowest BCUT2D eigenvalue weighted by Gasteiger charge is -2.06. The monoisotopic (exact) mass is 357 g/mol. The van der Waals surface area contributed by atoms with Crippen LogP contribution in [0.2, 0.25) is 5.02 Å². The minimum Gasteiger partial charge on any atom is -0.409 e. The normalized spacial score (nSPS) is 11.4. The summed E-state index contributed by atoms with van der Waals surface area (Å²) in [6.45, 7) is 0. The second-order valence-corrected chi connectivity index (χ2v) is 4.99. The van der Waals surface area contributed by atoms with Crippen molar-refractivity contribution in [3.8, 4) is 0 Å². The summed E-state index contributed by atoms with van der Waals surface area (Å²) in [5, 5.41) is 20.7. The number of nitrogens with zero attached hydrogens (tertiary/aromatic N) is 2. The fourth-order valence-corrected chi connectivity index (χ4v) is 1.88. The van der Waals surface area contributed by atoms with E-state index in [1.54, 1.807) is 12.1 Å². The molecule has 5 N–H and O–H groups in total. The first kappa shape index (κ1) is 14.4. The number of hydrogen-bond donors (Lipinski definition) is 4. The Morgan fingerprint density at radius 1 is 1.55 bits per heavy atom. The number of aromatic nitrogens is 2. The largest absolute Gasteiger partial charge is 0.409 e. The number of carbonyl (C=O) groups is 1. The van der Waals surface area contributed by atoms with Crippen LogP contribution < -0.4 is 11.1 Å². The van der Waals surface area contributed by atoms with Gasteiger partial charge in [0.05, 0.1) is 16.8 Å². The molecule has 1 amide bonds. The van der Waals surface area contributed by atoms with Gasteiger partial charge in [-0.05, 0) is 34.1 Å². The molecule has 0 fully saturated rings. The van der Waals surface area contributed by atoms with Crippen LogP contribution in [0, 0.1) is 0 Å². The highest BCUT2D eigenvalue weighted by Gasteiger charge is 2.14. The molecule has 9 heteroatoms. The highest BCUT2D eigenvalue weighted by Crippen LogP contribution is 2.23. The summed E-state index contributed by atoms with van der Waals surface area (Å²) in [7, 11) is 0. The minimum absolute atomic E-state index is 0.164. The summed E-state index contributed by atoms with van der Waals surface area (Å²) < 4.78 is 0.689. The maximum absolute atomic E-state index is 12.1. The number of carbonyl (C=O) groups excluding carboxylic acids is 1. The molecule has 20 heavy (non-hydrogen) atoms. The van der Waals surface area contributed by atoms with Crippen molar-refractivity contribution in [2.24, 2.45) is 10.9 Å². The van der Waals surface area contributed by atoms with Crippen LogP contribution in [0.25, 0.3) is 0 Å². The number of benzene rings is 1. The molecule has 0 unspecified atom stereocenters. The maximum Gasteiger partial charge on any atom is 0.256 e. The Kier molecular flexibility index (Phi) is 4.26. The first-order valence-electron chi connectivity index (χ1n) is 5.30. The summed E-state index contributed by atoms with van der Waals surface area (Å²) in [5.74, 6) is -0.345. The molecule has 1 aromatic heterocycles. The van der Waals surface area contributed by atoms with E-state index in [-0.39, 0.29) is 17.2 Å². The predicted molar refractivity (Wildman–Crippen MR) is 78.2 cm³/mol. The molecule has 0 atom stereocenters. The molecule has 0 aliphatic carbocycles. The quantitative estimate of drug-likeness (QED) is 0.291. The Labute approximate surface area is 126 Å². The van der Waals surface area contributed by atoms with Gasteiger partial charge in [0, 0.05) is 10.0 Å². The highest BCUT2D eigenvalue weighted by molar-refractivity contribution is 9.10. The van der Waals surface area contributed by atoms with Crippen molar-refractivity contribution in [3.05, 3.63) is 45.0 Å². The van der Waals surface area contributed by atoms with Crippen LogP contribution in [0.5, 0.6) is 0 Å². The van der Waals surface area contributed by atoms with Crippen LogP contribution in [0.4, 0.5) is 5.82 Å². The van der Waals surface area contributed by atoms with Gasteiger partial charge in [-0.3, -0.25) is 9.89 Å². The molecule has 2 aromatic rings. The summed E-state index contributed by atoms with van der Waals surface area (Å²) in [6.07, 6.45) is 1.33. The maximum atomic E-state index is 12.1. The zero-order valence-electron chi connectivity index (χ0n) is 9.89. The predicted octanol–water partition coefficient (Wildman–Crippen LogP) is 2.17. The standard InChI is InChI=1S/C11H9BrClN5O2/c12-7-2-1-5(3-8(7)13)11(19)16-10-6(4-15-17-10)9(14)18-20/h1-4,20H,(H2,14,18)(H2,15,16,17,19). The average molecular weight is 359 g/mol. The van der Waals surface area contributed by atoms with Gasteiger partial charge in [-0.15, -0.1) is 0 Å². The van der Waals surface area contributed by atoms with Gasteiger partial charge in [-0.1, -0.05) is 16.8 Å². The Hall–Kier alpha value is -2.06. The van der Waals surface area contributed by atoms with Gasteiger partial charge in [0.1, 0.15) is 5.82 Å². The number of rotatable bonds is 3. The minimum atomic E-state index is -0.407. The van der Waals surface area contributed by atoms with E-state index in [2.05, 4.69) is 36.6 Å². The molecular formula is C11H9BrClN5O2. The summed E-state index contributed by atoms with van der Waals surface area (Å²) in [5.41, 5.74) is 6.10. The first-order chi connectivity index (χ1) is 9.52. The van der Waals surface area contributed by atoms with E-state index in [0.29, 0.717) is 15.1 Å². The van der Waals surface area contributed by atoms with Crippen LogP contribution in [0.3, 0.4) is 0 Å². The van der Waals surface area contributed by atoms with E-state index < -0.39 is 5.91 Å². The summed E-state index contributed by atoms with van der Waals surface area (Å²) in [6, 6.07) is 4.78. The van der Waals surface area contributed by atoms with Crippen molar-refractivity contribution in [1.82, 2.24) is 10.2 Å². The van der Waals surface area contributed by atoms with Crippen LogP contribution in [0.15, 0.2) is 34.0 Å². The van der Waals surface area contributed by atoms with Gasteiger partial charge in [-0.2, -0.15) is 5.10 Å². The molecule has 2 rings (SSSR count). The molecule has 0 spiro atoms. The van der Waals surface area contributed by atoms with Gasteiger partial charge in [0.25, 0.3) is 5.91 Å². The first-order valence-corrected chi connectivity index (χ1v) is 6.47. The Morgan fingerprint density at radius 3 is 2.95 bits per heavy atom. The topological polar surface area (TPSA) is 116 Å². The number of amidine groups is 1. The number of nitrogens with two attached hydrogens (primary N) is 1. The molecular weight excluding hydrogens is 350 g/mol. The van der Waals surface area contributed by atoms with Crippen molar-refractivity contribution in [2.75, 3.05) is 5.32 Å². The number of hydrogen-bond acceptors (Lipinski definition) is 4. The third kappa shape index (κ3) is 2.91. The Bertz CT molecular complexity index is 685. The third-order valence-corrected chi connectivity index (χ3v) is 3.68. The van der Waals surface area contributed by atoms with Crippen molar-refractivity contribution < 1.29 is 10.0 Å². The molecule has 0 aliphatic heterocycles. The third-order valence-electron chi connectivity index (χ3n) is 2.44. The number of amides is 1. The molecule has 0 saturated carbocycles. The number of oxime groups is 1. The van der Waals surface area contributed by atoms with Gasteiger partial charge >= 0.3 is 0 Å². The summed E-state index contributed by atoms with van der Waals surface area (Å²) >= 11 is 9.16. The molecule has 7 nitrogen and oxygen atoms in total. The van der Waals surface area contributed by atoms with E-state index in [4.69, 9.17) is 22.5 Å². The van der Waals surface area contributed by atoms with E-state index in [0.717, 1.165) is 0 Å². The second kappa shape index (κ2) is 5.93. The zero-order valence-corrected chi connectivity index (χ0v) is 12.2. The van der Waals surface area contributed by atoms with E-state index in [1.165, 1.54) is 12.3 Å². The zero-order chi connectivity index (χ0) is 14.7. The van der Waals surface area contributed by atoms with E-state index in [1.807, 2.05) is 0 Å².